The number of nitrogen functional groups attached to an aromatic ring is 2. The first kappa shape index (κ1) is 11.2. The summed E-state index contributed by atoms with van der Waals surface area (Å²) in [6.07, 6.45) is 0. The van der Waals surface area contributed by atoms with Gasteiger partial charge < -0.3 is 25.7 Å². The summed E-state index contributed by atoms with van der Waals surface area (Å²) in [6, 6.07) is 1.67. The van der Waals surface area contributed by atoms with E-state index in [4.69, 9.17) is 25.7 Å². The predicted molar refractivity (Wildman–Crippen MR) is 64.0 cm³/mol. The molecule has 0 radical (unpaired) electrons. The molecule has 0 amide bonds. The van der Waals surface area contributed by atoms with Gasteiger partial charge in [-0.2, -0.15) is 0 Å². The van der Waals surface area contributed by atoms with Gasteiger partial charge in [0.2, 0.25) is 0 Å². The number of hydrogen-bond acceptors (Lipinski definition) is 6. The first-order valence-corrected chi connectivity index (χ1v) is 5.63. The second-order valence-corrected chi connectivity index (χ2v) is 4.50. The average Bonchev–Trinajstić information content (AvgIpc) is 2.33. The molecule has 1 aliphatic heterocycles. The Morgan fingerprint density at radius 1 is 1.44 bits per heavy atom. The van der Waals surface area contributed by atoms with Crippen molar-refractivity contribution in [1.29, 1.82) is 0 Å². The molecule has 1 aromatic rings. The molecule has 0 spiro atoms. The number of methoxy groups -OCH3 is 2. The van der Waals surface area contributed by atoms with Crippen LogP contribution in [0.5, 0.6) is 11.5 Å². The number of anilines is 2. The fourth-order valence-corrected chi connectivity index (χ4v) is 2.52. The molecule has 0 bridgehead atoms. The monoisotopic (exact) mass is 242 g/mol. The summed E-state index contributed by atoms with van der Waals surface area (Å²) in [5.41, 5.74) is 12.8. The van der Waals surface area contributed by atoms with Crippen molar-refractivity contribution in [2.24, 2.45) is 0 Å². The first-order chi connectivity index (χ1) is 7.67. The lowest BCUT2D eigenvalue weighted by atomic mass is 10.2. The molecule has 1 unspecified atom stereocenters. The summed E-state index contributed by atoms with van der Waals surface area (Å²) in [6.45, 7) is 0.462. The third kappa shape index (κ3) is 1.74. The van der Waals surface area contributed by atoms with Gasteiger partial charge in [-0.15, -0.1) is 0 Å². The van der Waals surface area contributed by atoms with Gasteiger partial charge in [0, 0.05) is 13.2 Å². The minimum absolute atomic E-state index is 0.0682. The van der Waals surface area contributed by atoms with Gasteiger partial charge in [0.15, 0.2) is 5.75 Å². The fourth-order valence-electron chi connectivity index (χ4n) is 1.52. The van der Waals surface area contributed by atoms with Gasteiger partial charge in [-0.1, -0.05) is 11.8 Å². The Morgan fingerprint density at radius 2 is 2.19 bits per heavy atom. The third-order valence-corrected chi connectivity index (χ3v) is 3.59. The van der Waals surface area contributed by atoms with Gasteiger partial charge in [-0.25, -0.2) is 0 Å². The number of benzene rings is 1. The van der Waals surface area contributed by atoms with Crippen molar-refractivity contribution in [3.05, 3.63) is 6.07 Å². The van der Waals surface area contributed by atoms with E-state index < -0.39 is 0 Å². The van der Waals surface area contributed by atoms with E-state index in [1.54, 1.807) is 20.3 Å². The zero-order chi connectivity index (χ0) is 11.7. The number of thioether (sulfide) groups is 1. The van der Waals surface area contributed by atoms with Gasteiger partial charge in [-0.3, -0.25) is 0 Å². The maximum absolute atomic E-state index is 5.96. The summed E-state index contributed by atoms with van der Waals surface area (Å²) >= 11 is 1.50. The summed E-state index contributed by atoms with van der Waals surface area (Å²) in [5.74, 6) is 1.18. The highest BCUT2D eigenvalue weighted by Crippen LogP contribution is 2.48. The molecule has 16 heavy (non-hydrogen) atoms. The topological polar surface area (TPSA) is 79.7 Å². The third-order valence-electron chi connectivity index (χ3n) is 2.36. The highest BCUT2D eigenvalue weighted by atomic mass is 32.2. The molecule has 2 rings (SSSR count). The maximum atomic E-state index is 5.96. The van der Waals surface area contributed by atoms with Crippen molar-refractivity contribution < 1.29 is 14.2 Å². The Hall–Kier alpha value is -1.27. The van der Waals surface area contributed by atoms with Crippen LogP contribution in [0.15, 0.2) is 11.0 Å². The van der Waals surface area contributed by atoms with Crippen LogP contribution in [0, 0.1) is 0 Å². The summed E-state index contributed by atoms with van der Waals surface area (Å²) in [7, 11) is 3.19. The van der Waals surface area contributed by atoms with Crippen LogP contribution in [0.4, 0.5) is 11.4 Å². The minimum atomic E-state index is -0.0682. The lowest BCUT2D eigenvalue weighted by Crippen LogP contribution is -2.22. The van der Waals surface area contributed by atoms with E-state index in [-0.39, 0.29) is 5.44 Å². The van der Waals surface area contributed by atoms with Crippen LogP contribution in [-0.2, 0) is 4.74 Å². The highest BCUT2D eigenvalue weighted by Gasteiger charge is 2.26. The molecule has 6 heteroatoms. The van der Waals surface area contributed by atoms with Crippen molar-refractivity contribution in [2.75, 3.05) is 32.3 Å². The Morgan fingerprint density at radius 3 is 2.81 bits per heavy atom. The second kappa shape index (κ2) is 4.31. The van der Waals surface area contributed by atoms with Gasteiger partial charge in [-0.05, 0) is 0 Å². The van der Waals surface area contributed by atoms with Crippen LogP contribution < -0.4 is 20.9 Å². The van der Waals surface area contributed by atoms with Crippen LogP contribution in [0.25, 0.3) is 0 Å². The zero-order valence-corrected chi connectivity index (χ0v) is 9.97. The second-order valence-electron chi connectivity index (χ2n) is 3.33. The Kier molecular flexibility index (Phi) is 3.02. The molecule has 0 saturated heterocycles. The molecule has 1 aromatic carbocycles. The zero-order valence-electron chi connectivity index (χ0n) is 9.15. The lowest BCUT2D eigenvalue weighted by molar-refractivity contribution is 0.114. The van der Waals surface area contributed by atoms with E-state index >= 15 is 0 Å². The van der Waals surface area contributed by atoms with Gasteiger partial charge in [0.1, 0.15) is 17.8 Å². The molecule has 88 valence electrons. The van der Waals surface area contributed by atoms with Crippen molar-refractivity contribution in [3.8, 4) is 11.5 Å². The molecular formula is C10H14N2O3S. The molecular weight excluding hydrogens is 228 g/mol. The summed E-state index contributed by atoms with van der Waals surface area (Å²) in [4.78, 5) is 0.787. The number of hydrogen-bond donors (Lipinski definition) is 2. The van der Waals surface area contributed by atoms with Crippen LogP contribution >= 0.6 is 11.8 Å². The van der Waals surface area contributed by atoms with Crippen molar-refractivity contribution in [1.82, 2.24) is 0 Å². The number of fused-ring (bicyclic) bond motifs is 1. The maximum Gasteiger partial charge on any atom is 0.158 e. The molecule has 0 aliphatic carbocycles. The Bertz CT molecular complexity index is 412. The van der Waals surface area contributed by atoms with Crippen LogP contribution in [-0.4, -0.2) is 26.3 Å². The average molecular weight is 242 g/mol. The van der Waals surface area contributed by atoms with Crippen molar-refractivity contribution in [3.63, 3.8) is 0 Å². The Balaban J connectivity index is 2.47. The van der Waals surface area contributed by atoms with Gasteiger partial charge in [0.05, 0.1) is 23.4 Å². The van der Waals surface area contributed by atoms with E-state index in [0.717, 1.165) is 4.90 Å². The van der Waals surface area contributed by atoms with Crippen LogP contribution in [0.2, 0.25) is 0 Å². The SMILES string of the molecule is COc1cc(N)c2c(c1N)SC(OC)CO2. The summed E-state index contributed by atoms with van der Waals surface area (Å²) < 4.78 is 15.9. The van der Waals surface area contributed by atoms with Gasteiger partial charge >= 0.3 is 0 Å². The van der Waals surface area contributed by atoms with Gasteiger partial charge in [0.25, 0.3) is 0 Å². The largest absolute Gasteiger partial charge is 0.494 e. The highest BCUT2D eigenvalue weighted by molar-refractivity contribution is 8.00. The van der Waals surface area contributed by atoms with E-state index in [0.29, 0.717) is 29.5 Å². The Labute approximate surface area is 98.0 Å². The first-order valence-electron chi connectivity index (χ1n) is 4.75. The lowest BCUT2D eigenvalue weighted by Gasteiger charge is -2.26. The molecule has 1 aliphatic rings. The molecule has 1 heterocycles. The number of nitrogens with two attached hydrogens (primary N) is 2. The van der Waals surface area contributed by atoms with E-state index in [1.807, 2.05) is 0 Å². The molecule has 5 nitrogen and oxygen atoms in total. The van der Waals surface area contributed by atoms with Crippen LogP contribution in [0.3, 0.4) is 0 Å². The minimum Gasteiger partial charge on any atom is -0.494 e. The molecule has 0 saturated carbocycles. The number of rotatable bonds is 2. The standard InChI is InChI=1S/C10H14N2O3S/c1-13-6-3-5(11)9-10(8(6)12)16-7(14-2)4-15-9/h3,7H,4,11-12H2,1-2H3. The van der Waals surface area contributed by atoms with Crippen molar-refractivity contribution in [2.45, 2.75) is 10.3 Å². The molecule has 0 fully saturated rings. The quantitative estimate of drug-likeness (QED) is 0.761. The van der Waals surface area contributed by atoms with E-state index in [2.05, 4.69) is 0 Å². The number of ether oxygens (including phenoxy) is 3. The fraction of sp³-hybridized carbons (Fsp3) is 0.400. The van der Waals surface area contributed by atoms with Crippen LogP contribution in [0.1, 0.15) is 0 Å². The van der Waals surface area contributed by atoms with E-state index in [9.17, 15) is 0 Å². The molecule has 0 aromatic heterocycles. The predicted octanol–water partition coefficient (Wildman–Crippen LogP) is 1.32. The normalized spacial score (nSPS) is 18.8. The smallest absolute Gasteiger partial charge is 0.158 e. The molecule has 4 N–H and O–H groups in total. The van der Waals surface area contributed by atoms with E-state index in [1.165, 1.54) is 11.8 Å². The summed E-state index contributed by atoms with van der Waals surface area (Å²) in [5, 5.41) is 0. The molecule has 1 atom stereocenters. The van der Waals surface area contributed by atoms with Crippen molar-refractivity contribution >= 4 is 23.1 Å².